The van der Waals surface area contributed by atoms with Gasteiger partial charge in [-0.1, -0.05) is 54.6 Å². The summed E-state index contributed by atoms with van der Waals surface area (Å²) in [6.07, 6.45) is 2.73. The minimum atomic E-state index is -0.520. The molecule has 0 aliphatic carbocycles. The first-order chi connectivity index (χ1) is 10.7. The minimum absolute atomic E-state index is 0.183. The maximum absolute atomic E-state index is 11.5. The number of aromatic hydroxyl groups is 2. The predicted octanol–water partition coefficient (Wildman–Crippen LogP) is 3.04. The lowest BCUT2D eigenvalue weighted by atomic mass is 10.1. The zero-order valence-corrected chi connectivity index (χ0v) is 11.9. The number of carbonyl (C=O) groups excluding carboxylic acids is 1. The van der Waals surface area contributed by atoms with Crippen molar-refractivity contribution in [2.75, 3.05) is 6.54 Å². The average molecular weight is 299 g/mol. The number of alkyl carbamates (subject to hydrolysis) is 1. The van der Waals surface area contributed by atoms with E-state index in [1.54, 1.807) is 24.3 Å². The molecular weight excluding hydrogens is 282 g/mol. The lowest BCUT2D eigenvalue weighted by Crippen LogP contribution is -2.24. The van der Waals surface area contributed by atoms with Crippen molar-refractivity contribution < 1.29 is 19.7 Å². The highest BCUT2D eigenvalue weighted by Crippen LogP contribution is 2.28. The molecule has 0 saturated heterocycles. The Morgan fingerprint density at radius 1 is 1.09 bits per heavy atom. The number of carbonyl (C=O) groups is 1. The maximum Gasteiger partial charge on any atom is 0.407 e. The molecule has 0 saturated carbocycles. The van der Waals surface area contributed by atoms with Crippen LogP contribution in [0.15, 0.2) is 54.6 Å². The van der Waals surface area contributed by atoms with E-state index in [4.69, 9.17) is 4.74 Å². The first-order valence-electron chi connectivity index (χ1n) is 6.79. The van der Waals surface area contributed by atoms with E-state index in [0.29, 0.717) is 5.56 Å². The molecule has 3 N–H and O–H groups in total. The molecule has 0 unspecified atom stereocenters. The number of amides is 1. The predicted molar refractivity (Wildman–Crippen MR) is 83.4 cm³/mol. The van der Waals surface area contributed by atoms with Gasteiger partial charge < -0.3 is 20.3 Å². The summed E-state index contributed by atoms with van der Waals surface area (Å²) in [6, 6.07) is 14.1. The summed E-state index contributed by atoms with van der Waals surface area (Å²) < 4.78 is 5.05. The van der Waals surface area contributed by atoms with E-state index in [0.717, 1.165) is 5.56 Å². The molecular formula is C17H17NO4. The molecule has 114 valence electrons. The van der Waals surface area contributed by atoms with Gasteiger partial charge in [0.15, 0.2) is 11.5 Å². The molecule has 0 bridgehead atoms. The van der Waals surface area contributed by atoms with Gasteiger partial charge in [-0.25, -0.2) is 4.79 Å². The summed E-state index contributed by atoms with van der Waals surface area (Å²) in [5.41, 5.74) is 1.39. The number of para-hydroxylation sites is 1. The van der Waals surface area contributed by atoms with Gasteiger partial charge in [-0.3, -0.25) is 0 Å². The lowest BCUT2D eigenvalue weighted by molar-refractivity contribution is 0.141. The van der Waals surface area contributed by atoms with Crippen molar-refractivity contribution >= 4 is 12.2 Å². The highest BCUT2D eigenvalue weighted by molar-refractivity contribution is 5.68. The minimum Gasteiger partial charge on any atom is -0.504 e. The average Bonchev–Trinajstić information content (AvgIpc) is 2.54. The van der Waals surface area contributed by atoms with Crippen LogP contribution >= 0.6 is 0 Å². The third-order valence-electron chi connectivity index (χ3n) is 2.92. The zero-order chi connectivity index (χ0) is 15.8. The van der Waals surface area contributed by atoms with Crippen molar-refractivity contribution in [1.29, 1.82) is 0 Å². The molecule has 0 heterocycles. The third-order valence-corrected chi connectivity index (χ3v) is 2.92. The monoisotopic (exact) mass is 299 g/mol. The molecule has 0 fully saturated rings. The Balaban J connectivity index is 1.75. The molecule has 1 amide bonds. The number of hydrogen-bond donors (Lipinski definition) is 3. The summed E-state index contributed by atoms with van der Waals surface area (Å²) in [6.45, 7) is 0.465. The number of rotatable bonds is 5. The fourth-order valence-electron chi connectivity index (χ4n) is 1.79. The van der Waals surface area contributed by atoms with E-state index in [1.807, 2.05) is 30.3 Å². The Kier molecular flexibility index (Phi) is 5.43. The molecule has 0 aliphatic rings. The Labute approximate surface area is 128 Å². The molecule has 0 atom stereocenters. The lowest BCUT2D eigenvalue weighted by Gasteiger charge is -2.05. The second kappa shape index (κ2) is 7.73. The van der Waals surface area contributed by atoms with Crippen molar-refractivity contribution in [2.45, 2.75) is 6.61 Å². The summed E-state index contributed by atoms with van der Waals surface area (Å²) in [7, 11) is 0. The number of phenols is 2. The number of hydrogen-bond acceptors (Lipinski definition) is 4. The quantitative estimate of drug-likeness (QED) is 0.741. The highest BCUT2D eigenvalue weighted by Gasteiger charge is 2.02. The SMILES string of the molecule is O=C(NCC=Cc1cccc(O)c1O)OCc1ccccc1. The number of nitrogens with one attached hydrogen (secondary N) is 1. The van der Waals surface area contributed by atoms with Crippen LogP contribution in [0.2, 0.25) is 0 Å². The summed E-state index contributed by atoms with van der Waals surface area (Å²) in [5, 5.41) is 21.5. The first-order valence-corrected chi connectivity index (χ1v) is 6.79. The van der Waals surface area contributed by atoms with E-state index in [9.17, 15) is 15.0 Å². The molecule has 0 aromatic heterocycles. The van der Waals surface area contributed by atoms with Crippen molar-refractivity contribution in [1.82, 2.24) is 5.32 Å². The number of phenolic OH excluding ortho intramolecular Hbond substituents is 2. The smallest absolute Gasteiger partial charge is 0.407 e. The second-order valence-electron chi connectivity index (χ2n) is 4.56. The molecule has 0 spiro atoms. The van der Waals surface area contributed by atoms with E-state index in [1.165, 1.54) is 6.07 Å². The molecule has 2 aromatic rings. The van der Waals surface area contributed by atoms with Gasteiger partial charge in [0.1, 0.15) is 6.61 Å². The normalized spacial score (nSPS) is 10.5. The summed E-state index contributed by atoms with van der Waals surface area (Å²) >= 11 is 0. The topological polar surface area (TPSA) is 78.8 Å². The van der Waals surface area contributed by atoms with Gasteiger partial charge >= 0.3 is 6.09 Å². The molecule has 22 heavy (non-hydrogen) atoms. The van der Waals surface area contributed by atoms with Crippen LogP contribution in [-0.2, 0) is 11.3 Å². The standard InChI is InChI=1S/C17H17NO4/c19-15-10-4-8-14(16(15)20)9-5-11-18-17(21)22-12-13-6-2-1-3-7-13/h1-10,19-20H,11-12H2,(H,18,21). The van der Waals surface area contributed by atoms with Crippen molar-refractivity contribution in [2.24, 2.45) is 0 Å². The highest BCUT2D eigenvalue weighted by atomic mass is 16.5. The summed E-state index contributed by atoms with van der Waals surface area (Å²) in [4.78, 5) is 11.5. The fraction of sp³-hybridized carbons (Fsp3) is 0.118. The van der Waals surface area contributed by atoms with Crippen LogP contribution in [0.1, 0.15) is 11.1 Å². The van der Waals surface area contributed by atoms with Gasteiger partial charge in [-0.15, -0.1) is 0 Å². The summed E-state index contributed by atoms with van der Waals surface area (Å²) in [5.74, 6) is -0.372. The van der Waals surface area contributed by atoms with E-state index in [2.05, 4.69) is 5.32 Å². The Morgan fingerprint density at radius 2 is 1.86 bits per heavy atom. The fourth-order valence-corrected chi connectivity index (χ4v) is 1.79. The molecule has 0 radical (unpaired) electrons. The molecule has 0 aliphatic heterocycles. The van der Waals surface area contributed by atoms with Gasteiger partial charge in [-0.05, 0) is 11.6 Å². The molecule has 2 rings (SSSR count). The van der Waals surface area contributed by atoms with E-state index in [-0.39, 0.29) is 24.7 Å². The van der Waals surface area contributed by atoms with Crippen molar-refractivity contribution in [3.63, 3.8) is 0 Å². The van der Waals surface area contributed by atoms with Gasteiger partial charge in [0.05, 0.1) is 0 Å². The van der Waals surface area contributed by atoms with Crippen LogP contribution in [0, 0.1) is 0 Å². The largest absolute Gasteiger partial charge is 0.504 e. The van der Waals surface area contributed by atoms with Crippen molar-refractivity contribution in [3.05, 3.63) is 65.7 Å². The Morgan fingerprint density at radius 3 is 2.64 bits per heavy atom. The van der Waals surface area contributed by atoms with Gasteiger partial charge in [-0.2, -0.15) is 0 Å². The molecule has 2 aromatic carbocycles. The van der Waals surface area contributed by atoms with Gasteiger partial charge in [0.25, 0.3) is 0 Å². The Hall–Kier alpha value is -2.95. The van der Waals surface area contributed by atoms with E-state index >= 15 is 0 Å². The number of benzene rings is 2. The van der Waals surface area contributed by atoms with Crippen LogP contribution in [0.4, 0.5) is 4.79 Å². The zero-order valence-electron chi connectivity index (χ0n) is 11.9. The van der Waals surface area contributed by atoms with Gasteiger partial charge in [0, 0.05) is 12.1 Å². The van der Waals surface area contributed by atoms with Crippen LogP contribution in [0.5, 0.6) is 11.5 Å². The third kappa shape index (κ3) is 4.56. The Bertz CT molecular complexity index is 653. The van der Waals surface area contributed by atoms with Crippen LogP contribution in [-0.4, -0.2) is 22.9 Å². The van der Waals surface area contributed by atoms with Crippen LogP contribution in [0.3, 0.4) is 0 Å². The molecule has 5 nitrogen and oxygen atoms in total. The first kappa shape index (κ1) is 15.4. The van der Waals surface area contributed by atoms with Crippen LogP contribution < -0.4 is 5.32 Å². The number of ether oxygens (including phenoxy) is 1. The second-order valence-corrected chi connectivity index (χ2v) is 4.56. The van der Waals surface area contributed by atoms with E-state index < -0.39 is 6.09 Å². The maximum atomic E-state index is 11.5. The van der Waals surface area contributed by atoms with Crippen LogP contribution in [0.25, 0.3) is 6.08 Å². The molecule has 5 heteroatoms. The van der Waals surface area contributed by atoms with Gasteiger partial charge in [0.2, 0.25) is 0 Å². The van der Waals surface area contributed by atoms with Crippen molar-refractivity contribution in [3.8, 4) is 11.5 Å².